The van der Waals surface area contributed by atoms with E-state index in [1.54, 1.807) is 14.2 Å². The molecule has 0 aromatic heterocycles. The second-order valence-corrected chi connectivity index (χ2v) is 11.0. The van der Waals surface area contributed by atoms with Gasteiger partial charge in [0.1, 0.15) is 0 Å². The van der Waals surface area contributed by atoms with Gasteiger partial charge in [-0.3, -0.25) is 9.42 Å². The van der Waals surface area contributed by atoms with Crippen LogP contribution >= 0.6 is 18.2 Å². The summed E-state index contributed by atoms with van der Waals surface area (Å²) >= 11 is 1.32. The molecule has 0 radical (unpaired) electrons. The fourth-order valence-corrected chi connectivity index (χ4v) is 7.10. The summed E-state index contributed by atoms with van der Waals surface area (Å²) in [5.41, 5.74) is 2.57. The molecule has 2 aliphatic rings. The summed E-state index contributed by atoms with van der Waals surface area (Å²) in [6, 6.07) is 4.16. The minimum atomic E-state index is -2.99. The summed E-state index contributed by atoms with van der Waals surface area (Å²) in [5, 5.41) is 0. The summed E-state index contributed by atoms with van der Waals surface area (Å²) in [6.45, 7) is 4.35. The second-order valence-electron chi connectivity index (χ2n) is 6.86. The van der Waals surface area contributed by atoms with Gasteiger partial charge in [-0.05, 0) is 53.9 Å². The number of ether oxygens (including phenoxy) is 2. The minimum Gasteiger partial charge on any atom is -0.493 e. The first-order chi connectivity index (χ1) is 12.4. The van der Waals surface area contributed by atoms with Gasteiger partial charge in [0, 0.05) is 25.4 Å². The Labute approximate surface area is 159 Å². The first-order valence-corrected chi connectivity index (χ1v) is 12.1. The van der Waals surface area contributed by atoms with Crippen LogP contribution in [0.3, 0.4) is 0 Å². The van der Waals surface area contributed by atoms with Crippen LogP contribution in [0.25, 0.3) is 0 Å². The van der Waals surface area contributed by atoms with Gasteiger partial charge in [0.25, 0.3) is 0 Å². The van der Waals surface area contributed by atoms with E-state index < -0.39 is 6.80 Å². The Morgan fingerprint density at radius 1 is 1.27 bits per heavy atom. The lowest BCUT2D eigenvalue weighted by atomic mass is 9.90. The lowest BCUT2D eigenvalue weighted by molar-refractivity contribution is 0.104. The Morgan fingerprint density at radius 2 is 2.00 bits per heavy atom. The van der Waals surface area contributed by atoms with Crippen molar-refractivity contribution in [3.63, 3.8) is 0 Å². The maximum Gasteiger partial charge on any atom is 0.389 e. The number of benzene rings is 1. The summed E-state index contributed by atoms with van der Waals surface area (Å²) in [5.74, 6) is 2.67. The van der Waals surface area contributed by atoms with Crippen molar-refractivity contribution in [3.05, 3.63) is 23.3 Å². The Morgan fingerprint density at radius 3 is 2.69 bits per heavy atom. The van der Waals surface area contributed by atoms with E-state index in [0.717, 1.165) is 43.3 Å². The molecular weight excluding hydrogens is 373 g/mol. The number of hydrogen-bond donors (Lipinski definition) is 0. The number of fused-ring (bicyclic) bond motifs is 1. The van der Waals surface area contributed by atoms with E-state index >= 15 is 0 Å². The summed E-state index contributed by atoms with van der Waals surface area (Å²) < 4.78 is 34.4. The molecule has 8 heteroatoms. The van der Waals surface area contributed by atoms with E-state index in [0.29, 0.717) is 12.5 Å². The molecule has 1 aromatic rings. The first kappa shape index (κ1) is 20.0. The molecule has 0 amide bonds. The third kappa shape index (κ3) is 4.57. The van der Waals surface area contributed by atoms with Gasteiger partial charge in [0.05, 0.1) is 26.9 Å². The van der Waals surface area contributed by atoms with Crippen LogP contribution in [0, 0.1) is 0 Å². The van der Waals surface area contributed by atoms with Crippen LogP contribution in [0.15, 0.2) is 12.1 Å². The monoisotopic (exact) mass is 401 g/mol. The van der Waals surface area contributed by atoms with Crippen molar-refractivity contribution in [2.24, 2.45) is 0 Å². The average molecular weight is 401 g/mol. The molecule has 0 bridgehead atoms. The molecule has 6 nitrogen and oxygen atoms in total. The van der Waals surface area contributed by atoms with Crippen molar-refractivity contribution in [2.45, 2.75) is 38.8 Å². The van der Waals surface area contributed by atoms with Gasteiger partial charge in [-0.2, -0.15) is 0 Å². The van der Waals surface area contributed by atoms with Crippen LogP contribution in [0.2, 0.25) is 0 Å². The average Bonchev–Trinajstić information content (AvgIpc) is 2.60. The van der Waals surface area contributed by atoms with E-state index in [1.165, 1.54) is 22.5 Å². The molecule has 1 fully saturated rings. The SMILES string of the molecule is COc1cc2c(cc1OC)C(C)CN(CCSP1(=O)OCCC(C)O1)C2. The number of hydrogen-bond acceptors (Lipinski definition) is 7. The normalized spacial score (nSPS) is 29.2. The highest BCUT2D eigenvalue weighted by molar-refractivity contribution is 8.55. The topological polar surface area (TPSA) is 57.2 Å². The summed E-state index contributed by atoms with van der Waals surface area (Å²) in [7, 11) is 3.33. The molecule has 1 aromatic carbocycles. The highest BCUT2D eigenvalue weighted by Crippen LogP contribution is 2.63. The van der Waals surface area contributed by atoms with Crippen LogP contribution in [0.1, 0.15) is 37.3 Å². The standard InChI is InChI=1S/C18H28NO5PS/c1-13-11-19(6-8-26-25(20)23-7-5-14(2)24-25)12-15-9-17(21-3)18(22-4)10-16(13)15/h9-10,13-14H,5-8,11-12H2,1-4H3. The molecule has 2 heterocycles. The van der Waals surface area contributed by atoms with Gasteiger partial charge in [0.15, 0.2) is 11.5 Å². The van der Waals surface area contributed by atoms with Crippen molar-refractivity contribution in [2.75, 3.05) is 39.7 Å². The molecule has 2 aliphatic heterocycles. The molecule has 3 unspecified atom stereocenters. The third-order valence-corrected chi connectivity index (χ3v) is 8.71. The highest BCUT2D eigenvalue weighted by Gasteiger charge is 2.33. The zero-order chi connectivity index (χ0) is 18.7. The van der Waals surface area contributed by atoms with E-state index in [1.807, 2.05) is 6.92 Å². The predicted octanol–water partition coefficient (Wildman–Crippen LogP) is 4.29. The van der Waals surface area contributed by atoms with Crippen LogP contribution in [-0.4, -0.2) is 50.7 Å². The van der Waals surface area contributed by atoms with E-state index in [-0.39, 0.29) is 6.10 Å². The summed E-state index contributed by atoms with van der Waals surface area (Å²) in [4.78, 5) is 2.38. The molecular formula is C18H28NO5PS. The zero-order valence-corrected chi connectivity index (χ0v) is 17.6. The Bertz CT molecular complexity index is 686. The van der Waals surface area contributed by atoms with Crippen LogP contribution in [0.4, 0.5) is 0 Å². The Balaban J connectivity index is 1.61. The molecule has 3 rings (SSSR count). The van der Waals surface area contributed by atoms with Gasteiger partial charge in [0.2, 0.25) is 0 Å². The predicted molar refractivity (Wildman–Crippen MR) is 104 cm³/mol. The number of rotatable bonds is 6. The van der Waals surface area contributed by atoms with Gasteiger partial charge < -0.3 is 14.0 Å². The molecule has 146 valence electrons. The van der Waals surface area contributed by atoms with Crippen molar-refractivity contribution >= 4 is 18.2 Å². The third-order valence-electron chi connectivity index (χ3n) is 4.84. The Hall–Kier alpha value is -0.720. The van der Waals surface area contributed by atoms with E-state index in [9.17, 15) is 4.57 Å². The summed E-state index contributed by atoms with van der Waals surface area (Å²) in [6.07, 6.45) is 0.808. The molecule has 0 saturated carbocycles. The smallest absolute Gasteiger partial charge is 0.389 e. The van der Waals surface area contributed by atoms with Crippen molar-refractivity contribution < 1.29 is 23.1 Å². The van der Waals surface area contributed by atoms with Gasteiger partial charge >= 0.3 is 6.80 Å². The van der Waals surface area contributed by atoms with E-state index in [2.05, 4.69) is 24.0 Å². The van der Waals surface area contributed by atoms with Gasteiger partial charge in [-0.25, -0.2) is 4.57 Å². The largest absolute Gasteiger partial charge is 0.493 e. The van der Waals surface area contributed by atoms with Crippen molar-refractivity contribution in [1.29, 1.82) is 0 Å². The molecule has 1 saturated heterocycles. The number of nitrogens with zero attached hydrogens (tertiary/aromatic N) is 1. The lowest BCUT2D eigenvalue weighted by Gasteiger charge is -2.34. The van der Waals surface area contributed by atoms with Crippen molar-refractivity contribution in [3.8, 4) is 11.5 Å². The number of methoxy groups -OCH3 is 2. The maximum atomic E-state index is 12.6. The minimum absolute atomic E-state index is 0.00594. The first-order valence-electron chi connectivity index (χ1n) is 8.98. The molecule has 26 heavy (non-hydrogen) atoms. The molecule has 0 N–H and O–H groups in total. The fraction of sp³-hybridized carbons (Fsp3) is 0.667. The second kappa shape index (κ2) is 8.53. The Kier molecular flexibility index (Phi) is 6.57. The highest BCUT2D eigenvalue weighted by atomic mass is 32.7. The zero-order valence-electron chi connectivity index (χ0n) is 15.9. The van der Waals surface area contributed by atoms with Gasteiger partial charge in [-0.15, -0.1) is 0 Å². The molecule has 0 spiro atoms. The lowest BCUT2D eigenvalue weighted by Crippen LogP contribution is -2.34. The quantitative estimate of drug-likeness (QED) is 0.659. The van der Waals surface area contributed by atoms with Gasteiger partial charge in [-0.1, -0.05) is 6.92 Å². The van der Waals surface area contributed by atoms with E-state index in [4.69, 9.17) is 18.5 Å². The molecule has 0 aliphatic carbocycles. The van der Waals surface area contributed by atoms with Crippen LogP contribution < -0.4 is 9.47 Å². The maximum absolute atomic E-state index is 12.6. The van der Waals surface area contributed by atoms with Crippen molar-refractivity contribution in [1.82, 2.24) is 4.90 Å². The fourth-order valence-electron chi connectivity index (χ4n) is 3.48. The van der Waals surface area contributed by atoms with Crippen LogP contribution in [0.5, 0.6) is 11.5 Å². The molecule has 3 atom stereocenters. The van der Waals surface area contributed by atoms with Crippen LogP contribution in [-0.2, 0) is 20.2 Å².